The number of benzene rings is 1. The monoisotopic (exact) mass is 422 g/mol. The van der Waals surface area contributed by atoms with Gasteiger partial charge in [-0.1, -0.05) is 18.2 Å². The molecular formula is C23H30N6O2. The molecule has 1 aromatic carbocycles. The van der Waals surface area contributed by atoms with Crippen molar-refractivity contribution < 1.29 is 9.59 Å². The molecule has 0 radical (unpaired) electrons. The lowest BCUT2D eigenvalue weighted by Crippen LogP contribution is -2.51. The Morgan fingerprint density at radius 1 is 0.903 bits per heavy atom. The van der Waals surface area contributed by atoms with E-state index in [4.69, 9.17) is 4.98 Å². The van der Waals surface area contributed by atoms with Crippen LogP contribution in [0.5, 0.6) is 0 Å². The number of aryl methyl sites for hydroxylation is 1. The largest absolute Gasteiger partial charge is 0.353 e. The third-order valence-electron chi connectivity index (χ3n) is 5.86. The Bertz CT molecular complexity index is 906. The number of carbonyl (C=O) groups excluding carboxylic acids is 2. The van der Waals surface area contributed by atoms with Crippen molar-refractivity contribution in [2.45, 2.75) is 26.2 Å². The zero-order valence-electron chi connectivity index (χ0n) is 18.1. The van der Waals surface area contributed by atoms with Gasteiger partial charge in [0.25, 0.3) is 5.91 Å². The Hall–Kier alpha value is -3.16. The Labute approximate surface area is 183 Å². The highest BCUT2D eigenvalue weighted by molar-refractivity contribution is 5.96. The van der Waals surface area contributed by atoms with Crippen LogP contribution >= 0.6 is 0 Å². The van der Waals surface area contributed by atoms with Crippen molar-refractivity contribution in [1.29, 1.82) is 0 Å². The third-order valence-corrected chi connectivity index (χ3v) is 5.86. The molecule has 2 aliphatic heterocycles. The number of hydrogen-bond donors (Lipinski definition) is 1. The molecule has 2 fully saturated rings. The van der Waals surface area contributed by atoms with E-state index in [9.17, 15) is 9.59 Å². The van der Waals surface area contributed by atoms with Crippen LogP contribution in [0.2, 0.25) is 0 Å². The van der Waals surface area contributed by atoms with Crippen molar-refractivity contribution in [3.63, 3.8) is 0 Å². The fraction of sp³-hybridized carbons (Fsp3) is 0.478. The van der Waals surface area contributed by atoms with Gasteiger partial charge in [-0.2, -0.15) is 4.98 Å². The van der Waals surface area contributed by atoms with Crippen molar-refractivity contribution in [3.05, 3.63) is 47.7 Å². The van der Waals surface area contributed by atoms with Crippen molar-refractivity contribution in [2.24, 2.45) is 0 Å². The predicted octanol–water partition coefficient (Wildman–Crippen LogP) is 1.85. The first kappa shape index (κ1) is 21.1. The highest BCUT2D eigenvalue weighted by Gasteiger charge is 2.24. The Morgan fingerprint density at radius 2 is 1.61 bits per heavy atom. The summed E-state index contributed by atoms with van der Waals surface area (Å²) >= 11 is 0. The second kappa shape index (κ2) is 9.76. The molecule has 0 unspecified atom stereocenters. The van der Waals surface area contributed by atoms with Gasteiger partial charge >= 0.3 is 0 Å². The van der Waals surface area contributed by atoms with E-state index in [-0.39, 0.29) is 18.4 Å². The Balaban J connectivity index is 1.30. The first-order valence-electron chi connectivity index (χ1n) is 11.1. The minimum Gasteiger partial charge on any atom is -0.353 e. The van der Waals surface area contributed by atoms with Crippen LogP contribution < -0.4 is 15.1 Å². The van der Waals surface area contributed by atoms with E-state index in [1.165, 1.54) is 19.3 Å². The lowest BCUT2D eigenvalue weighted by molar-refractivity contribution is -0.130. The highest BCUT2D eigenvalue weighted by atomic mass is 16.2. The van der Waals surface area contributed by atoms with E-state index in [1.807, 2.05) is 31.2 Å². The number of carbonyl (C=O) groups is 2. The third kappa shape index (κ3) is 5.31. The highest BCUT2D eigenvalue weighted by Crippen LogP contribution is 2.21. The molecule has 0 saturated carbocycles. The number of rotatable bonds is 5. The van der Waals surface area contributed by atoms with Gasteiger partial charge in [-0.3, -0.25) is 9.59 Å². The van der Waals surface area contributed by atoms with E-state index >= 15 is 0 Å². The number of aromatic nitrogens is 2. The van der Waals surface area contributed by atoms with E-state index in [1.54, 1.807) is 17.0 Å². The molecule has 2 amide bonds. The summed E-state index contributed by atoms with van der Waals surface area (Å²) in [7, 11) is 0. The van der Waals surface area contributed by atoms with E-state index in [0.29, 0.717) is 31.7 Å². The van der Waals surface area contributed by atoms with Gasteiger partial charge in [-0.25, -0.2) is 4.98 Å². The maximum absolute atomic E-state index is 12.6. The summed E-state index contributed by atoms with van der Waals surface area (Å²) in [5.41, 5.74) is 1.52. The standard InChI is InChI=1S/C23H30N6O2/c1-18-16-20(26-23(25-18)29-10-6-3-7-11-29)27-12-14-28(15-13-27)21(30)17-24-22(31)19-8-4-2-5-9-19/h2,4-5,8-9,16H,3,6-7,10-15,17H2,1H3,(H,24,31). The molecule has 0 bridgehead atoms. The Morgan fingerprint density at radius 3 is 2.32 bits per heavy atom. The zero-order valence-corrected chi connectivity index (χ0v) is 18.1. The van der Waals surface area contributed by atoms with Crippen molar-refractivity contribution in [2.75, 3.05) is 55.6 Å². The van der Waals surface area contributed by atoms with Crippen LogP contribution in [0.25, 0.3) is 0 Å². The molecule has 3 heterocycles. The molecule has 8 nitrogen and oxygen atoms in total. The number of amides is 2. The summed E-state index contributed by atoms with van der Waals surface area (Å²) in [6.07, 6.45) is 3.65. The molecule has 0 atom stereocenters. The van der Waals surface area contributed by atoms with Crippen LogP contribution in [0.4, 0.5) is 11.8 Å². The number of nitrogens with one attached hydrogen (secondary N) is 1. The normalized spacial score (nSPS) is 16.9. The lowest BCUT2D eigenvalue weighted by Gasteiger charge is -2.36. The first-order chi connectivity index (χ1) is 15.1. The topological polar surface area (TPSA) is 81.7 Å². The number of piperidine rings is 1. The second-order valence-electron chi connectivity index (χ2n) is 8.13. The predicted molar refractivity (Wildman–Crippen MR) is 120 cm³/mol. The summed E-state index contributed by atoms with van der Waals surface area (Å²) < 4.78 is 0. The second-order valence-corrected chi connectivity index (χ2v) is 8.13. The molecule has 2 aliphatic rings. The van der Waals surface area contributed by atoms with Gasteiger partial charge < -0.3 is 20.0 Å². The molecular weight excluding hydrogens is 392 g/mol. The Kier molecular flexibility index (Phi) is 6.64. The SMILES string of the molecule is Cc1cc(N2CCN(C(=O)CNC(=O)c3ccccc3)CC2)nc(N2CCCCC2)n1. The van der Waals surface area contributed by atoms with Gasteiger partial charge in [0.15, 0.2) is 0 Å². The maximum Gasteiger partial charge on any atom is 0.251 e. The summed E-state index contributed by atoms with van der Waals surface area (Å²) in [4.78, 5) is 40.5. The maximum atomic E-state index is 12.6. The smallest absolute Gasteiger partial charge is 0.251 e. The van der Waals surface area contributed by atoms with Gasteiger partial charge in [0.2, 0.25) is 11.9 Å². The molecule has 0 spiro atoms. The van der Waals surface area contributed by atoms with Crippen LogP contribution in [-0.2, 0) is 4.79 Å². The molecule has 2 saturated heterocycles. The average Bonchev–Trinajstić information content (AvgIpc) is 2.83. The number of anilines is 2. The van der Waals surface area contributed by atoms with Gasteiger partial charge in [-0.05, 0) is 38.3 Å². The van der Waals surface area contributed by atoms with E-state index in [0.717, 1.165) is 30.5 Å². The first-order valence-corrected chi connectivity index (χ1v) is 11.1. The molecule has 4 rings (SSSR count). The average molecular weight is 423 g/mol. The van der Waals surface area contributed by atoms with Crippen LogP contribution in [-0.4, -0.2) is 72.5 Å². The minimum absolute atomic E-state index is 0.0133. The summed E-state index contributed by atoms with van der Waals surface area (Å²) in [5.74, 6) is 1.46. The fourth-order valence-corrected chi connectivity index (χ4v) is 4.08. The van der Waals surface area contributed by atoms with Crippen LogP contribution in [0.3, 0.4) is 0 Å². The molecule has 1 aromatic heterocycles. The van der Waals surface area contributed by atoms with Crippen molar-refractivity contribution in [1.82, 2.24) is 20.2 Å². The van der Waals surface area contributed by atoms with Crippen LogP contribution in [0.1, 0.15) is 35.3 Å². The van der Waals surface area contributed by atoms with Crippen molar-refractivity contribution >= 4 is 23.6 Å². The van der Waals surface area contributed by atoms with Gasteiger partial charge in [0.05, 0.1) is 6.54 Å². The molecule has 0 aliphatic carbocycles. The van der Waals surface area contributed by atoms with E-state index < -0.39 is 0 Å². The summed E-state index contributed by atoms with van der Waals surface area (Å²) in [6, 6.07) is 11.0. The van der Waals surface area contributed by atoms with Crippen LogP contribution in [0, 0.1) is 6.92 Å². The molecule has 2 aromatic rings. The molecule has 31 heavy (non-hydrogen) atoms. The molecule has 164 valence electrons. The van der Waals surface area contributed by atoms with Gasteiger partial charge in [-0.15, -0.1) is 0 Å². The molecule has 1 N–H and O–H groups in total. The van der Waals surface area contributed by atoms with Crippen molar-refractivity contribution in [3.8, 4) is 0 Å². The van der Waals surface area contributed by atoms with Gasteiger partial charge in [0, 0.05) is 56.6 Å². The molecule has 8 heteroatoms. The number of hydrogen-bond acceptors (Lipinski definition) is 6. The van der Waals surface area contributed by atoms with Crippen LogP contribution in [0.15, 0.2) is 36.4 Å². The quantitative estimate of drug-likeness (QED) is 0.792. The van der Waals surface area contributed by atoms with E-state index in [2.05, 4.69) is 20.1 Å². The summed E-state index contributed by atoms with van der Waals surface area (Å²) in [6.45, 7) is 6.71. The minimum atomic E-state index is -0.228. The summed E-state index contributed by atoms with van der Waals surface area (Å²) in [5, 5.41) is 2.72. The lowest BCUT2D eigenvalue weighted by atomic mass is 10.1. The number of nitrogens with zero attached hydrogens (tertiary/aromatic N) is 5. The fourth-order valence-electron chi connectivity index (χ4n) is 4.08. The number of piperazine rings is 1. The zero-order chi connectivity index (χ0) is 21.6. The van der Waals surface area contributed by atoms with Gasteiger partial charge in [0.1, 0.15) is 5.82 Å².